The molecule has 13 heteroatoms. The average molecular weight is 568 g/mol. The first-order valence-electron chi connectivity index (χ1n) is 13.6. The van der Waals surface area contributed by atoms with Crippen molar-refractivity contribution in [2.24, 2.45) is 0 Å². The van der Waals surface area contributed by atoms with Gasteiger partial charge in [-0.2, -0.15) is 5.26 Å². The Bertz CT molecular complexity index is 1280. The molecule has 0 bridgehead atoms. The van der Waals surface area contributed by atoms with Crippen LogP contribution < -0.4 is 15.5 Å². The van der Waals surface area contributed by atoms with Gasteiger partial charge in [-0.15, -0.1) is 0 Å². The van der Waals surface area contributed by atoms with E-state index in [9.17, 15) is 14.9 Å². The molecule has 0 unspecified atom stereocenters. The van der Waals surface area contributed by atoms with Crippen LogP contribution in [-0.2, 0) is 31.9 Å². The SMILES string of the molecule is COC[C@@H](C)Nc1cc(NC(=O)N2CCCc3cc(CN4CCCCOC4=O)c(C(OC)OC)nc32)ncc1C#N. The number of nitrogens with one attached hydrogen (secondary N) is 2. The third-order valence-corrected chi connectivity index (χ3v) is 6.92. The molecular weight excluding hydrogens is 530 g/mol. The van der Waals surface area contributed by atoms with E-state index in [1.807, 2.05) is 13.0 Å². The zero-order chi connectivity index (χ0) is 29.4. The lowest BCUT2D eigenvalue weighted by Gasteiger charge is -2.31. The molecule has 41 heavy (non-hydrogen) atoms. The zero-order valence-corrected chi connectivity index (χ0v) is 23.9. The molecular formula is C28H37N7O6. The van der Waals surface area contributed by atoms with E-state index >= 15 is 0 Å². The second kappa shape index (κ2) is 14.1. The topological polar surface area (TPSA) is 151 Å². The number of nitriles is 1. The van der Waals surface area contributed by atoms with Gasteiger partial charge in [0.15, 0.2) is 0 Å². The number of ether oxygens (including phenoxy) is 4. The van der Waals surface area contributed by atoms with Gasteiger partial charge in [0.2, 0.25) is 6.29 Å². The number of fused-ring (bicyclic) bond motifs is 1. The summed E-state index contributed by atoms with van der Waals surface area (Å²) in [5.41, 5.74) is 3.03. The van der Waals surface area contributed by atoms with Gasteiger partial charge in [-0.1, -0.05) is 0 Å². The molecule has 4 heterocycles. The molecule has 0 radical (unpaired) electrons. The van der Waals surface area contributed by atoms with Crippen molar-refractivity contribution in [1.82, 2.24) is 14.9 Å². The Morgan fingerprint density at radius 2 is 2.00 bits per heavy atom. The number of amides is 3. The summed E-state index contributed by atoms with van der Waals surface area (Å²) in [7, 11) is 4.63. The Morgan fingerprint density at radius 3 is 2.73 bits per heavy atom. The number of methoxy groups -OCH3 is 3. The molecule has 2 aromatic heterocycles. The van der Waals surface area contributed by atoms with Crippen LogP contribution in [0.5, 0.6) is 0 Å². The summed E-state index contributed by atoms with van der Waals surface area (Å²) in [6.07, 6.45) is 3.36. The third-order valence-electron chi connectivity index (χ3n) is 6.92. The fourth-order valence-electron chi connectivity index (χ4n) is 4.97. The van der Waals surface area contributed by atoms with Crippen LogP contribution >= 0.6 is 0 Å². The summed E-state index contributed by atoms with van der Waals surface area (Å²) in [5, 5.41) is 15.6. The lowest BCUT2D eigenvalue weighted by Crippen LogP contribution is -2.40. The van der Waals surface area contributed by atoms with Crippen LogP contribution in [0.1, 0.15) is 54.9 Å². The van der Waals surface area contributed by atoms with Gasteiger partial charge in [-0.3, -0.25) is 10.2 Å². The number of cyclic esters (lactones) is 1. The summed E-state index contributed by atoms with van der Waals surface area (Å²) in [6, 6.07) is 5.24. The number of carbonyl (C=O) groups excluding carboxylic acids is 2. The number of urea groups is 1. The van der Waals surface area contributed by atoms with Gasteiger partial charge < -0.3 is 29.2 Å². The maximum absolute atomic E-state index is 13.5. The van der Waals surface area contributed by atoms with E-state index in [0.29, 0.717) is 49.1 Å². The van der Waals surface area contributed by atoms with Gasteiger partial charge in [0.05, 0.1) is 31.0 Å². The number of aromatic nitrogens is 2. The number of carbonyl (C=O) groups is 2. The minimum absolute atomic E-state index is 0.0606. The van der Waals surface area contributed by atoms with E-state index < -0.39 is 12.3 Å². The van der Waals surface area contributed by atoms with Crippen molar-refractivity contribution in [1.29, 1.82) is 5.26 Å². The number of pyridine rings is 2. The fourth-order valence-corrected chi connectivity index (χ4v) is 4.97. The molecule has 1 atom stereocenters. The number of anilines is 3. The minimum Gasteiger partial charge on any atom is -0.449 e. The Hall–Kier alpha value is -3.99. The zero-order valence-electron chi connectivity index (χ0n) is 23.9. The van der Waals surface area contributed by atoms with Crippen LogP contribution in [0.3, 0.4) is 0 Å². The lowest BCUT2D eigenvalue weighted by molar-refractivity contribution is -0.109. The molecule has 2 aromatic rings. The maximum Gasteiger partial charge on any atom is 0.410 e. The first-order chi connectivity index (χ1) is 19.9. The second-order valence-electron chi connectivity index (χ2n) is 9.97. The van der Waals surface area contributed by atoms with Gasteiger partial charge in [0.25, 0.3) is 0 Å². The summed E-state index contributed by atoms with van der Waals surface area (Å²) in [4.78, 5) is 38.4. The molecule has 2 aliphatic rings. The van der Waals surface area contributed by atoms with E-state index in [4.69, 9.17) is 23.9 Å². The van der Waals surface area contributed by atoms with Gasteiger partial charge in [-0.05, 0) is 49.8 Å². The van der Waals surface area contributed by atoms with Gasteiger partial charge in [0, 0.05) is 52.7 Å². The predicted octanol–water partition coefficient (Wildman–Crippen LogP) is 3.80. The Balaban J connectivity index is 1.62. The highest BCUT2D eigenvalue weighted by Crippen LogP contribution is 2.32. The Morgan fingerprint density at radius 1 is 1.20 bits per heavy atom. The highest BCUT2D eigenvalue weighted by molar-refractivity contribution is 6.01. The quantitative estimate of drug-likeness (QED) is 0.406. The summed E-state index contributed by atoms with van der Waals surface area (Å²) >= 11 is 0. The first kappa shape index (κ1) is 30.0. The number of hydrogen-bond acceptors (Lipinski definition) is 10. The van der Waals surface area contributed by atoms with Gasteiger partial charge in [0.1, 0.15) is 23.4 Å². The van der Waals surface area contributed by atoms with Crippen LogP contribution in [0.15, 0.2) is 18.3 Å². The molecule has 0 saturated carbocycles. The number of nitrogens with zero attached hydrogens (tertiary/aromatic N) is 5. The van der Waals surface area contributed by atoms with Gasteiger partial charge in [-0.25, -0.2) is 19.6 Å². The normalized spacial score (nSPS) is 16.0. The monoisotopic (exact) mass is 567 g/mol. The van der Waals surface area contributed by atoms with E-state index in [2.05, 4.69) is 21.7 Å². The largest absolute Gasteiger partial charge is 0.449 e. The van der Waals surface area contributed by atoms with Crippen molar-refractivity contribution in [2.45, 2.75) is 51.5 Å². The van der Waals surface area contributed by atoms with Crippen molar-refractivity contribution >= 4 is 29.4 Å². The smallest absolute Gasteiger partial charge is 0.410 e. The molecule has 0 aliphatic carbocycles. The molecule has 1 saturated heterocycles. The van der Waals surface area contributed by atoms with Crippen molar-refractivity contribution in [3.8, 4) is 6.07 Å². The van der Waals surface area contributed by atoms with Crippen molar-refractivity contribution in [2.75, 3.05) is 63.2 Å². The highest BCUT2D eigenvalue weighted by Gasteiger charge is 2.30. The number of rotatable bonds is 10. The van der Waals surface area contributed by atoms with Crippen LogP contribution in [0.2, 0.25) is 0 Å². The third kappa shape index (κ3) is 7.21. The molecule has 220 valence electrons. The van der Waals surface area contributed by atoms with Crippen LogP contribution in [0.25, 0.3) is 0 Å². The van der Waals surface area contributed by atoms with E-state index in [1.54, 1.807) is 23.0 Å². The maximum atomic E-state index is 13.5. The molecule has 2 N–H and O–H groups in total. The van der Waals surface area contributed by atoms with Crippen LogP contribution in [-0.4, -0.2) is 80.7 Å². The summed E-state index contributed by atoms with van der Waals surface area (Å²) in [6.45, 7) is 4.08. The predicted molar refractivity (Wildman–Crippen MR) is 151 cm³/mol. The van der Waals surface area contributed by atoms with Crippen molar-refractivity contribution in [3.63, 3.8) is 0 Å². The first-order valence-corrected chi connectivity index (χ1v) is 13.6. The summed E-state index contributed by atoms with van der Waals surface area (Å²) < 4.78 is 21.6. The standard InChI is InChI=1S/C28H37N7O6/c1-18(17-38-2)31-22-13-23(30-15-21(22)14-29)32-27(36)35-10-7-8-19-12-20(16-34-9-5-6-11-41-28(34)37)24(33-25(19)35)26(39-3)40-4/h12-13,15,18,26H,5-11,16-17H2,1-4H3,(H2,30,31,32,36)/t18-/m1/s1. The van der Waals surface area contributed by atoms with E-state index in [0.717, 1.165) is 36.8 Å². The second-order valence-corrected chi connectivity index (χ2v) is 9.97. The molecule has 0 spiro atoms. The van der Waals surface area contributed by atoms with Crippen LogP contribution in [0.4, 0.5) is 26.9 Å². The molecule has 4 rings (SSSR count). The molecule has 13 nitrogen and oxygen atoms in total. The van der Waals surface area contributed by atoms with E-state index in [1.165, 1.54) is 20.4 Å². The molecule has 0 aromatic carbocycles. The fraction of sp³-hybridized carbons (Fsp3) is 0.536. The van der Waals surface area contributed by atoms with Crippen LogP contribution in [0, 0.1) is 11.3 Å². The summed E-state index contributed by atoms with van der Waals surface area (Å²) in [5.74, 6) is 0.780. The molecule has 3 amide bonds. The molecule has 1 fully saturated rings. The minimum atomic E-state index is -0.798. The Kier molecular flexibility index (Phi) is 10.3. The number of aryl methyl sites for hydroxylation is 1. The highest BCUT2D eigenvalue weighted by atomic mass is 16.7. The Labute approximate surface area is 239 Å². The van der Waals surface area contributed by atoms with Gasteiger partial charge >= 0.3 is 12.1 Å². The van der Waals surface area contributed by atoms with Crippen molar-refractivity contribution in [3.05, 3.63) is 40.7 Å². The lowest BCUT2D eigenvalue weighted by atomic mass is 10.0. The number of hydrogen-bond donors (Lipinski definition) is 2. The van der Waals surface area contributed by atoms with E-state index in [-0.39, 0.29) is 24.5 Å². The average Bonchev–Trinajstić information content (AvgIpc) is 3.17. The molecule has 2 aliphatic heterocycles. The van der Waals surface area contributed by atoms with Crippen molar-refractivity contribution < 1.29 is 28.5 Å².